The predicted molar refractivity (Wildman–Crippen MR) is 195 cm³/mol. The fourth-order valence-corrected chi connectivity index (χ4v) is 9.42. The second-order valence-electron chi connectivity index (χ2n) is 11.5. The summed E-state index contributed by atoms with van der Waals surface area (Å²) in [5.41, 5.74) is 8.33. The zero-order valence-electron chi connectivity index (χ0n) is 26.8. The lowest BCUT2D eigenvalue weighted by Gasteiger charge is -2.30. The molecule has 0 unspecified atom stereocenters. The summed E-state index contributed by atoms with van der Waals surface area (Å²) in [7, 11) is 0. The van der Waals surface area contributed by atoms with E-state index in [1.807, 2.05) is 0 Å². The zero-order chi connectivity index (χ0) is 32.0. The minimum absolute atomic E-state index is 0.909. The van der Waals surface area contributed by atoms with Gasteiger partial charge in [0.2, 0.25) is 0 Å². The Morgan fingerprint density at radius 2 is 0.587 bits per heavy atom. The highest BCUT2D eigenvalue weighted by atomic mass is 32.1. The zero-order valence-corrected chi connectivity index (χ0v) is 30.1. The molecule has 0 saturated carbocycles. The molecule has 0 bridgehead atoms. The lowest BCUT2D eigenvalue weighted by molar-refractivity contribution is 0.982. The monoisotopic (exact) mass is 680 g/mol. The Labute approximate surface area is 284 Å². The summed E-state index contributed by atoms with van der Waals surface area (Å²) >= 11 is 6.83. The SMILES string of the molecule is Cc1nc(N2C(=C3N(c4nc(C)c(C)s4)c4ccccc4N3c3nc(C)c(C)s3)N(c3nc(C)c(C)s3)c3ccccc32)sc1C. The van der Waals surface area contributed by atoms with E-state index in [9.17, 15) is 0 Å². The maximum Gasteiger partial charge on any atom is 0.196 e. The van der Waals surface area contributed by atoms with Gasteiger partial charge in [0.15, 0.2) is 32.2 Å². The minimum Gasteiger partial charge on any atom is -0.266 e. The van der Waals surface area contributed by atoms with Crippen LogP contribution in [0.3, 0.4) is 0 Å². The molecule has 2 aromatic carbocycles. The van der Waals surface area contributed by atoms with Crippen molar-refractivity contribution in [2.24, 2.45) is 0 Å². The van der Waals surface area contributed by atoms with E-state index < -0.39 is 0 Å². The van der Waals surface area contributed by atoms with Gasteiger partial charge in [0.1, 0.15) is 0 Å². The van der Waals surface area contributed by atoms with Crippen LogP contribution < -0.4 is 19.6 Å². The molecular formula is C34H32N8S4. The molecule has 0 amide bonds. The number of anilines is 8. The number of aromatic nitrogens is 4. The van der Waals surface area contributed by atoms with Crippen molar-refractivity contribution >= 4 is 88.6 Å². The highest BCUT2D eigenvalue weighted by molar-refractivity contribution is 7.17. The molecular weight excluding hydrogens is 649 g/mol. The van der Waals surface area contributed by atoms with Crippen LogP contribution in [0.5, 0.6) is 0 Å². The summed E-state index contributed by atoms with van der Waals surface area (Å²) in [6.07, 6.45) is 0. The molecule has 0 spiro atoms. The highest BCUT2D eigenvalue weighted by Gasteiger charge is 2.47. The molecule has 0 N–H and O–H groups in total. The van der Waals surface area contributed by atoms with Crippen LogP contribution in [0.15, 0.2) is 60.2 Å². The third-order valence-electron chi connectivity index (χ3n) is 8.61. The lowest BCUT2D eigenvalue weighted by Crippen LogP contribution is -2.33. The fourth-order valence-electron chi connectivity index (χ4n) is 5.72. The molecule has 6 aromatic rings. The smallest absolute Gasteiger partial charge is 0.196 e. The third kappa shape index (κ3) is 4.34. The van der Waals surface area contributed by atoms with Gasteiger partial charge in [-0.2, -0.15) is 0 Å². The number of aryl methyl sites for hydroxylation is 8. The van der Waals surface area contributed by atoms with E-state index in [-0.39, 0.29) is 0 Å². The number of hydrogen-bond donors (Lipinski definition) is 0. The van der Waals surface area contributed by atoms with Gasteiger partial charge in [-0.3, -0.25) is 19.6 Å². The molecule has 232 valence electrons. The molecule has 0 saturated heterocycles. The van der Waals surface area contributed by atoms with E-state index in [1.165, 1.54) is 19.5 Å². The van der Waals surface area contributed by atoms with Crippen LogP contribution in [0.25, 0.3) is 0 Å². The first-order valence-electron chi connectivity index (χ1n) is 15.0. The second-order valence-corrected chi connectivity index (χ2v) is 16.2. The Morgan fingerprint density at radius 3 is 0.761 bits per heavy atom. The van der Waals surface area contributed by atoms with E-state index in [1.54, 1.807) is 45.3 Å². The van der Waals surface area contributed by atoms with E-state index >= 15 is 0 Å². The molecule has 0 atom stereocenters. The van der Waals surface area contributed by atoms with Crippen LogP contribution in [0.1, 0.15) is 42.3 Å². The van der Waals surface area contributed by atoms with E-state index in [0.29, 0.717) is 0 Å². The summed E-state index contributed by atoms with van der Waals surface area (Å²) in [6.45, 7) is 16.9. The molecule has 46 heavy (non-hydrogen) atoms. The number of hydrogen-bond acceptors (Lipinski definition) is 12. The molecule has 2 aliphatic heterocycles. The maximum absolute atomic E-state index is 5.15. The van der Waals surface area contributed by atoms with Gasteiger partial charge in [0, 0.05) is 19.5 Å². The van der Waals surface area contributed by atoms with E-state index in [2.05, 4.69) is 124 Å². The Balaban J connectivity index is 1.54. The van der Waals surface area contributed by atoms with E-state index in [4.69, 9.17) is 19.9 Å². The Hall–Kier alpha value is -4.10. The first-order chi connectivity index (χ1) is 22.1. The van der Waals surface area contributed by atoms with Gasteiger partial charge >= 0.3 is 0 Å². The van der Waals surface area contributed by atoms with Gasteiger partial charge in [-0.25, -0.2) is 19.9 Å². The number of rotatable bonds is 4. The Bertz CT molecular complexity index is 1820. The van der Waals surface area contributed by atoms with Gasteiger partial charge in [0.25, 0.3) is 0 Å². The average molecular weight is 681 g/mol. The number of fused-ring (bicyclic) bond motifs is 2. The minimum atomic E-state index is 0.909. The summed E-state index contributed by atoms with van der Waals surface area (Å²) in [4.78, 5) is 34.6. The third-order valence-corrected chi connectivity index (χ3v) is 12.8. The van der Waals surface area contributed by atoms with Crippen molar-refractivity contribution in [3.05, 3.63) is 102 Å². The molecule has 4 aromatic heterocycles. The summed E-state index contributed by atoms with van der Waals surface area (Å²) in [5, 5.41) is 3.63. The lowest BCUT2D eigenvalue weighted by atomic mass is 10.2. The predicted octanol–water partition coefficient (Wildman–Crippen LogP) is 10.4. The quantitative estimate of drug-likeness (QED) is 0.182. The largest absolute Gasteiger partial charge is 0.266 e. The molecule has 0 radical (unpaired) electrons. The molecule has 8 nitrogen and oxygen atoms in total. The van der Waals surface area contributed by atoms with Gasteiger partial charge < -0.3 is 0 Å². The van der Waals surface area contributed by atoms with Gasteiger partial charge in [0.05, 0.1) is 45.5 Å². The molecule has 2 aliphatic rings. The van der Waals surface area contributed by atoms with Crippen molar-refractivity contribution < 1.29 is 0 Å². The first-order valence-corrected chi connectivity index (χ1v) is 18.3. The van der Waals surface area contributed by atoms with Crippen LogP contribution in [0, 0.1) is 55.4 Å². The molecule has 8 rings (SSSR count). The van der Waals surface area contributed by atoms with Crippen molar-refractivity contribution in [3.8, 4) is 0 Å². The number of para-hydroxylation sites is 4. The summed E-state index contributed by atoms with van der Waals surface area (Å²) in [5.74, 6) is 1.88. The van der Waals surface area contributed by atoms with Crippen molar-refractivity contribution in [1.82, 2.24) is 19.9 Å². The number of thiazole rings is 4. The summed E-state index contributed by atoms with van der Waals surface area (Å²) in [6, 6.07) is 17.1. The van der Waals surface area contributed by atoms with E-state index in [0.717, 1.165) is 77.7 Å². The van der Waals surface area contributed by atoms with Crippen molar-refractivity contribution in [3.63, 3.8) is 0 Å². The van der Waals surface area contributed by atoms with Crippen LogP contribution >= 0.6 is 45.3 Å². The highest BCUT2D eigenvalue weighted by Crippen LogP contribution is 2.58. The van der Waals surface area contributed by atoms with Crippen molar-refractivity contribution in [2.75, 3.05) is 19.6 Å². The van der Waals surface area contributed by atoms with Crippen LogP contribution in [0.2, 0.25) is 0 Å². The first kappa shape index (κ1) is 29.3. The van der Waals surface area contributed by atoms with Gasteiger partial charge in [-0.1, -0.05) is 24.3 Å². The Morgan fingerprint density at radius 1 is 0.370 bits per heavy atom. The normalized spacial score (nSPS) is 14.3. The van der Waals surface area contributed by atoms with Crippen LogP contribution in [0.4, 0.5) is 43.3 Å². The summed E-state index contributed by atoms with van der Waals surface area (Å²) < 4.78 is 0. The molecule has 12 heteroatoms. The number of nitrogens with zero attached hydrogens (tertiary/aromatic N) is 8. The van der Waals surface area contributed by atoms with Crippen molar-refractivity contribution in [1.29, 1.82) is 0 Å². The van der Waals surface area contributed by atoms with Crippen LogP contribution in [-0.2, 0) is 0 Å². The Kier molecular flexibility index (Phi) is 6.84. The van der Waals surface area contributed by atoms with Crippen LogP contribution in [-0.4, -0.2) is 19.9 Å². The standard InChI is InChI=1S/C34H32N8S4/c1-17-21(5)43-31(35-17)39-25-13-9-10-14-26(25)40(32-36-18(2)22(6)44-32)29(39)30-41(33-37-19(3)23(7)45-33)27-15-11-12-16-28(27)42(30)34-38-20(4)24(8)46-34/h9-16H,1-8H3. The molecule has 0 aliphatic carbocycles. The average Bonchev–Trinajstić information content (AvgIpc) is 3.85. The fraction of sp³-hybridized carbons (Fsp3) is 0.235. The van der Waals surface area contributed by atoms with Gasteiger partial charge in [-0.05, 0) is 79.7 Å². The molecule has 6 heterocycles. The maximum atomic E-state index is 5.15. The molecule has 0 fully saturated rings. The van der Waals surface area contributed by atoms with Gasteiger partial charge in [-0.15, -0.1) is 45.3 Å². The number of benzene rings is 2. The van der Waals surface area contributed by atoms with Crippen molar-refractivity contribution in [2.45, 2.75) is 55.4 Å². The topological polar surface area (TPSA) is 64.5 Å². The second kappa shape index (κ2) is 10.7.